The molecule has 2 unspecified atom stereocenters. The largest absolute Gasteiger partial charge is 0.481 e. The second-order valence-corrected chi connectivity index (χ2v) is 5.31. The SMILES string of the molecule is CC1(C)CCC(CC(C)(CN)C(=O)O)O1. The average Bonchev–Trinajstić information content (AvgIpc) is 2.45. The summed E-state index contributed by atoms with van der Waals surface area (Å²) in [5.41, 5.74) is 4.55. The monoisotopic (exact) mass is 215 g/mol. The van der Waals surface area contributed by atoms with Gasteiger partial charge in [-0.05, 0) is 40.0 Å². The highest BCUT2D eigenvalue weighted by atomic mass is 16.5. The standard InChI is InChI=1S/C11H21NO3/c1-10(2)5-4-8(15-10)6-11(3,7-12)9(13)14/h8H,4-7,12H2,1-3H3,(H,13,14). The molecule has 0 radical (unpaired) electrons. The fraction of sp³-hybridized carbons (Fsp3) is 0.909. The summed E-state index contributed by atoms with van der Waals surface area (Å²) >= 11 is 0. The lowest BCUT2D eigenvalue weighted by molar-refractivity contribution is -0.150. The van der Waals surface area contributed by atoms with E-state index in [1.54, 1.807) is 6.92 Å². The van der Waals surface area contributed by atoms with Crippen LogP contribution in [0.2, 0.25) is 0 Å². The molecule has 0 saturated carbocycles. The van der Waals surface area contributed by atoms with Gasteiger partial charge in [0, 0.05) is 6.54 Å². The van der Waals surface area contributed by atoms with E-state index in [1.807, 2.05) is 13.8 Å². The molecule has 1 rings (SSSR count). The first kappa shape index (κ1) is 12.5. The van der Waals surface area contributed by atoms with Crippen LogP contribution in [0, 0.1) is 5.41 Å². The van der Waals surface area contributed by atoms with Gasteiger partial charge in [0.1, 0.15) is 0 Å². The third-order valence-corrected chi connectivity index (χ3v) is 3.20. The molecule has 15 heavy (non-hydrogen) atoms. The number of ether oxygens (including phenoxy) is 1. The molecule has 1 aliphatic rings. The molecule has 0 aliphatic carbocycles. The summed E-state index contributed by atoms with van der Waals surface area (Å²) in [6, 6.07) is 0. The van der Waals surface area contributed by atoms with Crippen molar-refractivity contribution >= 4 is 5.97 Å². The lowest BCUT2D eigenvalue weighted by Gasteiger charge is -2.27. The van der Waals surface area contributed by atoms with E-state index < -0.39 is 11.4 Å². The number of hydrogen-bond acceptors (Lipinski definition) is 3. The van der Waals surface area contributed by atoms with Crippen LogP contribution in [0.5, 0.6) is 0 Å². The number of carbonyl (C=O) groups is 1. The van der Waals surface area contributed by atoms with Gasteiger partial charge in [0.15, 0.2) is 0 Å². The maximum absolute atomic E-state index is 11.1. The second kappa shape index (κ2) is 4.10. The second-order valence-electron chi connectivity index (χ2n) is 5.31. The normalized spacial score (nSPS) is 28.7. The summed E-state index contributed by atoms with van der Waals surface area (Å²) in [6.45, 7) is 5.91. The molecule has 4 heteroatoms. The average molecular weight is 215 g/mol. The smallest absolute Gasteiger partial charge is 0.310 e. The maximum Gasteiger partial charge on any atom is 0.310 e. The van der Waals surface area contributed by atoms with Crippen LogP contribution in [0.4, 0.5) is 0 Å². The predicted molar refractivity (Wildman–Crippen MR) is 57.6 cm³/mol. The molecule has 88 valence electrons. The summed E-state index contributed by atoms with van der Waals surface area (Å²) in [7, 11) is 0. The molecule has 1 saturated heterocycles. The Morgan fingerprint density at radius 1 is 1.67 bits per heavy atom. The molecule has 3 N–H and O–H groups in total. The van der Waals surface area contributed by atoms with Crippen LogP contribution in [0.25, 0.3) is 0 Å². The van der Waals surface area contributed by atoms with Crippen molar-refractivity contribution in [3.05, 3.63) is 0 Å². The van der Waals surface area contributed by atoms with E-state index in [1.165, 1.54) is 0 Å². The molecule has 0 amide bonds. The predicted octanol–water partition coefficient (Wildman–Crippen LogP) is 1.38. The molecule has 0 bridgehead atoms. The first-order valence-corrected chi connectivity index (χ1v) is 5.40. The zero-order valence-electron chi connectivity index (χ0n) is 9.75. The van der Waals surface area contributed by atoms with Crippen molar-refractivity contribution in [2.45, 2.75) is 51.7 Å². The number of aliphatic carboxylic acids is 1. The van der Waals surface area contributed by atoms with Gasteiger partial charge in [-0.3, -0.25) is 4.79 Å². The van der Waals surface area contributed by atoms with Crippen molar-refractivity contribution in [1.29, 1.82) is 0 Å². The van der Waals surface area contributed by atoms with E-state index in [0.29, 0.717) is 6.42 Å². The Labute approximate surface area is 90.8 Å². The molecule has 0 aromatic heterocycles. The highest BCUT2D eigenvalue weighted by molar-refractivity contribution is 5.74. The Hall–Kier alpha value is -0.610. The van der Waals surface area contributed by atoms with Crippen molar-refractivity contribution in [3.8, 4) is 0 Å². The molecular formula is C11H21NO3. The van der Waals surface area contributed by atoms with Gasteiger partial charge in [0.25, 0.3) is 0 Å². The number of hydrogen-bond donors (Lipinski definition) is 2. The Morgan fingerprint density at radius 2 is 2.27 bits per heavy atom. The van der Waals surface area contributed by atoms with Crippen LogP contribution in [0.15, 0.2) is 0 Å². The lowest BCUT2D eigenvalue weighted by atomic mass is 9.84. The molecule has 0 aromatic carbocycles. The van der Waals surface area contributed by atoms with Crippen molar-refractivity contribution in [2.75, 3.05) is 6.54 Å². The Bertz CT molecular complexity index is 252. The van der Waals surface area contributed by atoms with Gasteiger partial charge in [-0.2, -0.15) is 0 Å². The van der Waals surface area contributed by atoms with E-state index in [9.17, 15) is 4.79 Å². The van der Waals surface area contributed by atoms with Crippen LogP contribution in [0.1, 0.15) is 40.0 Å². The summed E-state index contributed by atoms with van der Waals surface area (Å²) in [6.07, 6.45) is 2.44. The van der Waals surface area contributed by atoms with Crippen molar-refractivity contribution < 1.29 is 14.6 Å². The van der Waals surface area contributed by atoms with Gasteiger partial charge in [-0.25, -0.2) is 0 Å². The highest BCUT2D eigenvalue weighted by Crippen LogP contribution is 2.35. The maximum atomic E-state index is 11.1. The van der Waals surface area contributed by atoms with Crippen molar-refractivity contribution in [2.24, 2.45) is 11.1 Å². The minimum Gasteiger partial charge on any atom is -0.481 e. The number of carboxylic acid groups (broad SMARTS) is 1. The molecule has 1 heterocycles. The highest BCUT2D eigenvalue weighted by Gasteiger charge is 2.39. The zero-order valence-corrected chi connectivity index (χ0v) is 9.75. The molecule has 1 aliphatic heterocycles. The van der Waals surface area contributed by atoms with Crippen LogP contribution in [-0.2, 0) is 9.53 Å². The van der Waals surface area contributed by atoms with Crippen LogP contribution in [0.3, 0.4) is 0 Å². The van der Waals surface area contributed by atoms with Gasteiger partial charge < -0.3 is 15.6 Å². The van der Waals surface area contributed by atoms with Crippen molar-refractivity contribution in [3.63, 3.8) is 0 Å². The summed E-state index contributed by atoms with van der Waals surface area (Å²) in [4.78, 5) is 11.1. The minimum absolute atomic E-state index is 0.0321. The minimum atomic E-state index is -0.856. The lowest BCUT2D eigenvalue weighted by Crippen LogP contribution is -2.39. The van der Waals surface area contributed by atoms with E-state index in [4.69, 9.17) is 15.6 Å². The van der Waals surface area contributed by atoms with Gasteiger partial charge in [-0.15, -0.1) is 0 Å². The number of carboxylic acids is 1. The van der Waals surface area contributed by atoms with E-state index in [2.05, 4.69) is 0 Å². The molecule has 1 fully saturated rings. The van der Waals surface area contributed by atoms with Gasteiger partial charge in [0.2, 0.25) is 0 Å². The molecule has 2 atom stereocenters. The van der Waals surface area contributed by atoms with Crippen LogP contribution >= 0.6 is 0 Å². The topological polar surface area (TPSA) is 72.6 Å². The third kappa shape index (κ3) is 2.92. The first-order chi connectivity index (χ1) is 6.79. The van der Waals surface area contributed by atoms with Gasteiger partial charge in [-0.1, -0.05) is 0 Å². The molecular weight excluding hydrogens is 194 g/mol. The fourth-order valence-electron chi connectivity index (χ4n) is 1.98. The van der Waals surface area contributed by atoms with E-state index in [0.717, 1.165) is 12.8 Å². The summed E-state index contributed by atoms with van der Waals surface area (Å²) in [5, 5.41) is 9.09. The Kier molecular flexibility index (Phi) is 3.41. The molecule has 0 aromatic rings. The zero-order chi connectivity index (χ0) is 11.7. The van der Waals surface area contributed by atoms with Gasteiger partial charge in [0.05, 0.1) is 17.1 Å². The van der Waals surface area contributed by atoms with E-state index in [-0.39, 0.29) is 18.2 Å². The number of rotatable bonds is 4. The van der Waals surface area contributed by atoms with Gasteiger partial charge >= 0.3 is 5.97 Å². The number of nitrogens with two attached hydrogens (primary N) is 1. The third-order valence-electron chi connectivity index (χ3n) is 3.20. The Balaban J connectivity index is 2.58. The van der Waals surface area contributed by atoms with Crippen LogP contribution < -0.4 is 5.73 Å². The molecule has 0 spiro atoms. The summed E-state index contributed by atoms with van der Waals surface area (Å²) < 4.78 is 5.78. The molecule has 4 nitrogen and oxygen atoms in total. The van der Waals surface area contributed by atoms with E-state index >= 15 is 0 Å². The Morgan fingerprint density at radius 3 is 2.60 bits per heavy atom. The quantitative estimate of drug-likeness (QED) is 0.743. The van der Waals surface area contributed by atoms with Crippen LogP contribution in [-0.4, -0.2) is 29.3 Å². The first-order valence-electron chi connectivity index (χ1n) is 5.40. The summed E-state index contributed by atoms with van der Waals surface area (Å²) in [5.74, 6) is -0.835. The van der Waals surface area contributed by atoms with Crippen molar-refractivity contribution in [1.82, 2.24) is 0 Å². The fourth-order valence-corrected chi connectivity index (χ4v) is 1.98.